The van der Waals surface area contributed by atoms with Gasteiger partial charge in [0.1, 0.15) is 0 Å². The van der Waals surface area contributed by atoms with Crippen molar-refractivity contribution in [2.24, 2.45) is 10.9 Å². The fraction of sp³-hybridized carbons (Fsp3) is 0.400. The quantitative estimate of drug-likeness (QED) is 0.469. The van der Waals surface area contributed by atoms with Gasteiger partial charge in [0.15, 0.2) is 4.80 Å². The summed E-state index contributed by atoms with van der Waals surface area (Å²) in [7, 11) is 0. The van der Waals surface area contributed by atoms with Crippen LogP contribution in [0, 0.1) is 5.92 Å². The molecule has 1 atom stereocenters. The van der Waals surface area contributed by atoms with Crippen LogP contribution in [0.15, 0.2) is 52.4 Å². The van der Waals surface area contributed by atoms with Crippen molar-refractivity contribution in [3.8, 4) is 10.6 Å². The van der Waals surface area contributed by atoms with Gasteiger partial charge in [0.2, 0.25) is 0 Å². The summed E-state index contributed by atoms with van der Waals surface area (Å²) in [6.45, 7) is 5.60. The Morgan fingerprint density at radius 3 is 2.80 bits per heavy atom. The molecule has 1 unspecified atom stereocenters. The second-order valence-electron chi connectivity index (χ2n) is 6.23. The van der Waals surface area contributed by atoms with Crippen LogP contribution in [0.2, 0.25) is 0 Å². The maximum Gasteiger partial charge on any atom is 0.190 e. The van der Waals surface area contributed by atoms with Crippen LogP contribution in [0.5, 0.6) is 0 Å². The van der Waals surface area contributed by atoms with Crippen LogP contribution in [0.4, 0.5) is 5.69 Å². The van der Waals surface area contributed by atoms with Crippen LogP contribution in [-0.2, 0) is 6.54 Å². The van der Waals surface area contributed by atoms with E-state index >= 15 is 0 Å². The van der Waals surface area contributed by atoms with E-state index < -0.39 is 0 Å². The largest absolute Gasteiger partial charge is 0.315 e. The van der Waals surface area contributed by atoms with E-state index in [2.05, 4.69) is 46.3 Å². The molecule has 3 heterocycles. The van der Waals surface area contributed by atoms with Gasteiger partial charge in [-0.25, -0.2) is 4.99 Å². The maximum atomic E-state index is 4.86. The van der Waals surface area contributed by atoms with Gasteiger partial charge in [0.05, 0.1) is 22.5 Å². The second-order valence-corrected chi connectivity index (χ2v) is 8.02. The molecule has 3 nitrogen and oxygen atoms in total. The minimum absolute atomic E-state index is 0.695. The van der Waals surface area contributed by atoms with Crippen molar-refractivity contribution < 1.29 is 0 Å². The molecule has 0 amide bonds. The fourth-order valence-corrected chi connectivity index (χ4v) is 4.68. The Labute approximate surface area is 157 Å². The number of thiophene rings is 1. The normalized spacial score (nSPS) is 13.3. The van der Waals surface area contributed by atoms with Crippen LogP contribution >= 0.6 is 22.7 Å². The SMILES string of the molecule is CCCCC(CC)Cn1c(-c2cccs2)csc1=Nc1cccnc1. The summed E-state index contributed by atoms with van der Waals surface area (Å²) in [4.78, 5) is 11.4. The number of nitrogens with zero attached hydrogens (tertiary/aromatic N) is 3. The summed E-state index contributed by atoms with van der Waals surface area (Å²) in [6, 6.07) is 8.27. The lowest BCUT2D eigenvalue weighted by atomic mass is 9.99. The number of thiazole rings is 1. The van der Waals surface area contributed by atoms with Gasteiger partial charge < -0.3 is 4.57 Å². The highest BCUT2D eigenvalue weighted by Crippen LogP contribution is 2.27. The van der Waals surface area contributed by atoms with Crippen LogP contribution in [0.1, 0.15) is 39.5 Å². The Bertz CT molecular complexity index is 816. The molecule has 0 spiro atoms. The average molecular weight is 372 g/mol. The zero-order valence-electron chi connectivity index (χ0n) is 14.9. The molecule has 5 heteroatoms. The molecular weight excluding hydrogens is 346 g/mol. The summed E-state index contributed by atoms with van der Waals surface area (Å²) < 4.78 is 2.41. The number of rotatable bonds is 8. The summed E-state index contributed by atoms with van der Waals surface area (Å²) in [5.74, 6) is 0.695. The Morgan fingerprint density at radius 2 is 2.12 bits per heavy atom. The van der Waals surface area contributed by atoms with E-state index in [1.807, 2.05) is 18.3 Å². The van der Waals surface area contributed by atoms with Gasteiger partial charge >= 0.3 is 0 Å². The first kappa shape index (κ1) is 18.1. The molecule has 0 saturated carbocycles. The van der Waals surface area contributed by atoms with Crippen LogP contribution in [0.25, 0.3) is 10.6 Å². The topological polar surface area (TPSA) is 30.2 Å². The minimum atomic E-state index is 0.695. The number of unbranched alkanes of at least 4 members (excludes halogenated alkanes) is 1. The molecule has 0 aliphatic heterocycles. The first-order valence-corrected chi connectivity index (χ1v) is 10.7. The lowest BCUT2D eigenvalue weighted by Crippen LogP contribution is -2.21. The number of hydrogen-bond donors (Lipinski definition) is 0. The first-order chi connectivity index (χ1) is 12.3. The molecule has 0 fully saturated rings. The molecular formula is C20H25N3S2. The maximum absolute atomic E-state index is 4.86. The van der Waals surface area contributed by atoms with Crippen molar-refractivity contribution in [3.05, 3.63) is 52.2 Å². The summed E-state index contributed by atoms with van der Waals surface area (Å²) in [5, 5.41) is 4.39. The van der Waals surface area contributed by atoms with Crippen molar-refractivity contribution in [2.45, 2.75) is 46.1 Å². The summed E-state index contributed by atoms with van der Waals surface area (Å²) >= 11 is 3.51. The van der Waals surface area contributed by atoms with Crippen LogP contribution < -0.4 is 4.80 Å². The molecule has 0 bridgehead atoms. The Balaban J connectivity index is 2.00. The molecule has 3 aromatic rings. The van der Waals surface area contributed by atoms with Crippen LogP contribution in [0.3, 0.4) is 0 Å². The molecule has 0 aliphatic rings. The molecule has 132 valence electrons. The van der Waals surface area contributed by atoms with E-state index in [1.54, 1.807) is 28.9 Å². The van der Waals surface area contributed by atoms with Gasteiger partial charge in [0.25, 0.3) is 0 Å². The standard InChI is InChI=1S/C20H25N3S2/c1-3-5-8-16(4-2)14-23-18(19-10-7-12-24-19)15-25-20(23)22-17-9-6-11-21-13-17/h6-7,9-13,15-16H,3-5,8,14H2,1-2H3. The Hall–Kier alpha value is -1.72. The predicted molar refractivity (Wildman–Crippen MR) is 108 cm³/mol. The predicted octanol–water partition coefficient (Wildman–Crippen LogP) is 6.12. The molecule has 0 saturated heterocycles. The Kier molecular flexibility index (Phi) is 6.59. The van der Waals surface area contributed by atoms with E-state index in [-0.39, 0.29) is 0 Å². The van der Waals surface area contributed by atoms with Gasteiger partial charge in [-0.3, -0.25) is 4.98 Å². The van der Waals surface area contributed by atoms with Gasteiger partial charge in [0, 0.05) is 18.1 Å². The molecule has 0 radical (unpaired) electrons. The third kappa shape index (κ3) is 4.67. The number of hydrogen-bond acceptors (Lipinski definition) is 4. The lowest BCUT2D eigenvalue weighted by Gasteiger charge is -2.17. The molecule has 0 aliphatic carbocycles. The van der Waals surface area contributed by atoms with Crippen molar-refractivity contribution in [3.63, 3.8) is 0 Å². The number of pyridine rings is 1. The van der Waals surface area contributed by atoms with Crippen molar-refractivity contribution in [2.75, 3.05) is 0 Å². The third-order valence-electron chi connectivity index (χ3n) is 4.43. The van der Waals surface area contributed by atoms with Crippen molar-refractivity contribution >= 4 is 28.4 Å². The molecule has 3 aromatic heterocycles. The second kappa shape index (κ2) is 9.11. The van der Waals surface area contributed by atoms with Gasteiger partial charge in [-0.2, -0.15) is 0 Å². The zero-order valence-corrected chi connectivity index (χ0v) is 16.5. The van der Waals surface area contributed by atoms with E-state index in [4.69, 9.17) is 4.99 Å². The molecule has 0 N–H and O–H groups in total. The summed E-state index contributed by atoms with van der Waals surface area (Å²) in [6.07, 6.45) is 8.66. The highest BCUT2D eigenvalue weighted by molar-refractivity contribution is 7.14. The highest BCUT2D eigenvalue weighted by Gasteiger charge is 2.14. The van der Waals surface area contributed by atoms with E-state index in [9.17, 15) is 0 Å². The highest BCUT2D eigenvalue weighted by atomic mass is 32.1. The van der Waals surface area contributed by atoms with E-state index in [0.717, 1.165) is 17.0 Å². The van der Waals surface area contributed by atoms with Gasteiger partial charge in [-0.1, -0.05) is 39.2 Å². The van der Waals surface area contributed by atoms with E-state index in [0.29, 0.717) is 5.92 Å². The lowest BCUT2D eigenvalue weighted by molar-refractivity contribution is 0.389. The zero-order chi connectivity index (χ0) is 17.5. The van der Waals surface area contributed by atoms with Crippen LogP contribution in [-0.4, -0.2) is 9.55 Å². The first-order valence-electron chi connectivity index (χ1n) is 8.98. The van der Waals surface area contributed by atoms with Crippen molar-refractivity contribution in [1.82, 2.24) is 9.55 Å². The fourth-order valence-electron chi connectivity index (χ4n) is 2.92. The average Bonchev–Trinajstić information content (AvgIpc) is 3.29. The van der Waals surface area contributed by atoms with Gasteiger partial charge in [-0.05, 0) is 35.9 Å². The molecule has 3 rings (SSSR count). The number of aromatic nitrogens is 2. The molecule has 0 aromatic carbocycles. The van der Waals surface area contributed by atoms with Crippen molar-refractivity contribution in [1.29, 1.82) is 0 Å². The van der Waals surface area contributed by atoms with Gasteiger partial charge in [-0.15, -0.1) is 22.7 Å². The van der Waals surface area contributed by atoms with E-state index in [1.165, 1.54) is 36.3 Å². The summed E-state index contributed by atoms with van der Waals surface area (Å²) in [5.41, 5.74) is 2.20. The molecule has 25 heavy (non-hydrogen) atoms. The minimum Gasteiger partial charge on any atom is -0.315 e. The monoisotopic (exact) mass is 371 g/mol. The third-order valence-corrected chi connectivity index (χ3v) is 6.18. The smallest absolute Gasteiger partial charge is 0.190 e. The Morgan fingerprint density at radius 1 is 1.20 bits per heavy atom.